The highest BCUT2D eigenvalue weighted by Gasteiger charge is 2.14. The van der Waals surface area contributed by atoms with E-state index in [9.17, 15) is 14.7 Å². The van der Waals surface area contributed by atoms with E-state index >= 15 is 0 Å². The monoisotopic (exact) mass is 391 g/mol. The Kier molecular flexibility index (Phi) is 6.42. The van der Waals surface area contributed by atoms with Crippen molar-refractivity contribution in [2.24, 2.45) is 5.10 Å². The number of likely N-dealkylation sites (N-methyl/N-ethyl adjacent to an activating group) is 1. The molecule has 3 rings (SSSR count). The van der Waals surface area contributed by atoms with Crippen molar-refractivity contribution in [3.63, 3.8) is 0 Å². The number of nitrogens with one attached hydrogen (secondary N) is 1. The molecule has 0 atom stereocenters. The van der Waals surface area contributed by atoms with Crippen LogP contribution < -0.4 is 5.43 Å². The Hall–Kier alpha value is -3.87. The van der Waals surface area contributed by atoms with Gasteiger partial charge in [-0.3, -0.25) is 4.79 Å². The van der Waals surface area contributed by atoms with Crippen LogP contribution in [0.3, 0.4) is 0 Å². The number of amides is 2. The Morgan fingerprint density at radius 3 is 2.59 bits per heavy atom. The second-order valence-electron chi connectivity index (χ2n) is 6.41. The average molecular weight is 391 g/mol. The van der Waals surface area contributed by atoms with Gasteiger partial charge in [0.25, 0.3) is 5.91 Å². The summed E-state index contributed by atoms with van der Waals surface area (Å²) in [7, 11) is 1.47. The number of phenols is 1. The number of ether oxygens (including phenoxy) is 1. The molecule has 0 unspecified atom stereocenters. The number of hydrogen-bond acceptors (Lipinski definition) is 5. The van der Waals surface area contributed by atoms with Crippen LogP contribution in [0.4, 0.5) is 4.79 Å². The molecule has 7 nitrogen and oxygen atoms in total. The molecule has 0 spiro atoms. The largest absolute Gasteiger partial charge is 0.507 e. The van der Waals surface area contributed by atoms with Crippen molar-refractivity contribution in [2.75, 3.05) is 13.6 Å². The normalized spacial score (nSPS) is 10.8. The van der Waals surface area contributed by atoms with Gasteiger partial charge in [-0.15, -0.1) is 0 Å². The lowest BCUT2D eigenvalue weighted by molar-refractivity contribution is -0.121. The summed E-state index contributed by atoms with van der Waals surface area (Å²) in [4.78, 5) is 25.2. The van der Waals surface area contributed by atoms with E-state index in [2.05, 4.69) is 10.5 Å². The van der Waals surface area contributed by atoms with Crippen LogP contribution in [0.25, 0.3) is 10.8 Å². The summed E-state index contributed by atoms with van der Waals surface area (Å²) >= 11 is 0. The molecule has 2 N–H and O–H groups in total. The van der Waals surface area contributed by atoms with Gasteiger partial charge in [-0.2, -0.15) is 5.10 Å². The van der Waals surface area contributed by atoms with E-state index in [1.165, 1.54) is 13.3 Å². The highest BCUT2D eigenvalue weighted by atomic mass is 16.6. The van der Waals surface area contributed by atoms with Crippen LogP contribution in [0.5, 0.6) is 5.75 Å². The Balaban J connectivity index is 1.53. The molecule has 0 radical (unpaired) electrons. The minimum atomic E-state index is -0.611. The molecule has 3 aromatic carbocycles. The third kappa shape index (κ3) is 5.32. The Morgan fingerprint density at radius 1 is 1.07 bits per heavy atom. The molecule has 0 aliphatic carbocycles. The summed E-state index contributed by atoms with van der Waals surface area (Å²) < 4.78 is 5.16. The minimum absolute atomic E-state index is 0.0586. The van der Waals surface area contributed by atoms with Gasteiger partial charge in [0.1, 0.15) is 18.9 Å². The Bertz CT molecular complexity index is 1030. The van der Waals surface area contributed by atoms with Crippen LogP contribution in [0.1, 0.15) is 11.1 Å². The lowest BCUT2D eigenvalue weighted by atomic mass is 10.0. The van der Waals surface area contributed by atoms with Crippen LogP contribution >= 0.6 is 0 Å². The molecule has 0 aliphatic rings. The minimum Gasteiger partial charge on any atom is -0.507 e. The third-order valence-corrected chi connectivity index (χ3v) is 4.23. The summed E-state index contributed by atoms with van der Waals surface area (Å²) in [5.41, 5.74) is 3.71. The molecular weight excluding hydrogens is 370 g/mol. The van der Waals surface area contributed by atoms with Gasteiger partial charge in [-0.05, 0) is 22.4 Å². The number of carbonyl (C=O) groups is 2. The molecule has 2 amide bonds. The molecule has 0 saturated heterocycles. The van der Waals surface area contributed by atoms with Crippen molar-refractivity contribution in [3.05, 3.63) is 77.9 Å². The van der Waals surface area contributed by atoms with Crippen molar-refractivity contribution < 1.29 is 19.4 Å². The fraction of sp³-hybridized carbons (Fsp3) is 0.136. The van der Waals surface area contributed by atoms with Gasteiger partial charge in [-0.1, -0.05) is 60.7 Å². The van der Waals surface area contributed by atoms with E-state index in [1.807, 2.05) is 54.6 Å². The molecule has 0 aliphatic heterocycles. The fourth-order valence-electron chi connectivity index (χ4n) is 2.73. The van der Waals surface area contributed by atoms with Crippen molar-refractivity contribution in [1.82, 2.24) is 10.3 Å². The number of benzene rings is 3. The summed E-state index contributed by atoms with van der Waals surface area (Å²) in [5.74, 6) is -0.427. The number of hydrogen-bond donors (Lipinski definition) is 2. The first kappa shape index (κ1) is 19.9. The first-order valence-corrected chi connectivity index (χ1v) is 8.99. The maximum atomic E-state index is 12.0. The molecule has 3 aromatic rings. The smallest absolute Gasteiger partial charge is 0.410 e. The molecule has 0 fully saturated rings. The van der Waals surface area contributed by atoms with Gasteiger partial charge in [0.2, 0.25) is 0 Å². The number of hydrazone groups is 1. The molecule has 148 valence electrons. The SMILES string of the molecule is CN(CC(=O)N/N=C\c1c(O)ccc2ccccc12)C(=O)OCc1ccccc1. The average Bonchev–Trinajstić information content (AvgIpc) is 2.74. The predicted molar refractivity (Wildman–Crippen MR) is 111 cm³/mol. The zero-order valence-corrected chi connectivity index (χ0v) is 15.9. The zero-order valence-electron chi connectivity index (χ0n) is 15.9. The van der Waals surface area contributed by atoms with Crippen molar-refractivity contribution in [1.29, 1.82) is 0 Å². The van der Waals surface area contributed by atoms with Gasteiger partial charge in [0, 0.05) is 12.6 Å². The molecule has 0 saturated carbocycles. The Morgan fingerprint density at radius 2 is 1.79 bits per heavy atom. The highest BCUT2D eigenvalue weighted by molar-refractivity contribution is 6.02. The van der Waals surface area contributed by atoms with Crippen LogP contribution in [-0.4, -0.2) is 41.8 Å². The van der Waals surface area contributed by atoms with E-state index in [-0.39, 0.29) is 18.9 Å². The van der Waals surface area contributed by atoms with Gasteiger partial charge in [-0.25, -0.2) is 10.2 Å². The summed E-state index contributed by atoms with van der Waals surface area (Å²) in [6, 6.07) is 20.2. The lowest BCUT2D eigenvalue weighted by Crippen LogP contribution is -2.36. The number of rotatable bonds is 6. The molecular formula is C22H21N3O4. The first-order valence-electron chi connectivity index (χ1n) is 8.99. The van der Waals surface area contributed by atoms with Crippen LogP contribution in [0.2, 0.25) is 0 Å². The van der Waals surface area contributed by atoms with Gasteiger partial charge >= 0.3 is 6.09 Å². The predicted octanol–water partition coefficient (Wildman–Crippen LogP) is 3.26. The highest BCUT2D eigenvalue weighted by Crippen LogP contribution is 2.25. The molecule has 7 heteroatoms. The summed E-state index contributed by atoms with van der Waals surface area (Å²) in [6.07, 6.45) is 0.767. The first-order chi connectivity index (χ1) is 14.0. The second kappa shape index (κ2) is 9.36. The number of nitrogens with zero attached hydrogens (tertiary/aromatic N) is 2. The van der Waals surface area contributed by atoms with Crippen molar-refractivity contribution in [2.45, 2.75) is 6.61 Å². The van der Waals surface area contributed by atoms with E-state index in [4.69, 9.17) is 4.74 Å². The van der Waals surface area contributed by atoms with Gasteiger partial charge in [0.05, 0.1) is 6.21 Å². The van der Waals surface area contributed by atoms with Crippen LogP contribution in [0, 0.1) is 0 Å². The molecule has 0 aromatic heterocycles. The quantitative estimate of drug-likeness (QED) is 0.498. The second-order valence-corrected chi connectivity index (χ2v) is 6.41. The van der Waals surface area contributed by atoms with Crippen LogP contribution in [0.15, 0.2) is 71.8 Å². The number of fused-ring (bicyclic) bond motifs is 1. The number of aromatic hydroxyl groups is 1. The maximum absolute atomic E-state index is 12.0. The van der Waals surface area contributed by atoms with Gasteiger partial charge < -0.3 is 14.7 Å². The summed E-state index contributed by atoms with van der Waals surface area (Å²) in [5, 5.41) is 15.7. The number of phenolic OH excluding ortho intramolecular Hbond substituents is 1. The van der Waals surface area contributed by atoms with Gasteiger partial charge in [0.15, 0.2) is 0 Å². The third-order valence-electron chi connectivity index (χ3n) is 4.23. The van der Waals surface area contributed by atoms with E-state index in [0.29, 0.717) is 5.56 Å². The molecule has 0 heterocycles. The molecule has 0 bridgehead atoms. The number of carbonyl (C=O) groups excluding carboxylic acids is 2. The fourth-order valence-corrected chi connectivity index (χ4v) is 2.73. The topological polar surface area (TPSA) is 91.2 Å². The van der Waals surface area contributed by atoms with E-state index in [1.54, 1.807) is 12.1 Å². The zero-order chi connectivity index (χ0) is 20.6. The van der Waals surface area contributed by atoms with Crippen LogP contribution in [-0.2, 0) is 16.1 Å². The lowest BCUT2D eigenvalue weighted by Gasteiger charge is -2.15. The van der Waals surface area contributed by atoms with Crippen molar-refractivity contribution in [3.8, 4) is 5.75 Å². The summed E-state index contributed by atoms with van der Waals surface area (Å²) in [6.45, 7) is -0.0867. The maximum Gasteiger partial charge on any atom is 0.410 e. The van der Waals surface area contributed by atoms with Crippen molar-refractivity contribution >= 4 is 29.0 Å². The Labute approximate surface area is 168 Å². The van der Waals surface area contributed by atoms with E-state index in [0.717, 1.165) is 21.2 Å². The van der Waals surface area contributed by atoms with E-state index < -0.39 is 12.0 Å². The molecule has 29 heavy (non-hydrogen) atoms. The standard InChI is InChI=1S/C22H21N3O4/c1-25(22(28)29-15-16-7-3-2-4-8-16)14-21(27)24-23-13-19-18-10-6-5-9-17(18)11-12-20(19)26/h2-13,26H,14-15H2,1H3,(H,24,27)/b23-13-.